The number of thiazole rings is 1. The highest BCUT2D eigenvalue weighted by Crippen LogP contribution is 2.23. The molecule has 118 valence electrons. The lowest BCUT2D eigenvalue weighted by Gasteiger charge is -2.16. The van der Waals surface area contributed by atoms with Gasteiger partial charge in [0.25, 0.3) is 5.91 Å². The standard InChI is InChI=1S/C16H15N3O3S/c1-10(20)13-9-23-16(17-13)18-15(22)11-4-2-5-12(8-11)19-7-3-6-14(19)21/h2,4-5,8-9H,3,6-7H2,1H3,(H,17,18,22). The Bertz CT molecular complexity index is 784. The molecule has 0 spiro atoms. The molecule has 3 rings (SSSR count). The average molecular weight is 329 g/mol. The Morgan fingerprint density at radius 1 is 1.35 bits per heavy atom. The van der Waals surface area contributed by atoms with E-state index in [4.69, 9.17) is 0 Å². The molecule has 1 N–H and O–H groups in total. The highest BCUT2D eigenvalue weighted by Gasteiger charge is 2.22. The first-order valence-electron chi connectivity index (χ1n) is 7.23. The van der Waals surface area contributed by atoms with Crippen LogP contribution in [0.2, 0.25) is 0 Å². The van der Waals surface area contributed by atoms with Gasteiger partial charge in [0, 0.05) is 36.5 Å². The van der Waals surface area contributed by atoms with Crippen molar-refractivity contribution in [2.45, 2.75) is 19.8 Å². The molecule has 23 heavy (non-hydrogen) atoms. The predicted molar refractivity (Wildman–Crippen MR) is 88.1 cm³/mol. The molecular weight excluding hydrogens is 314 g/mol. The lowest BCUT2D eigenvalue weighted by Crippen LogP contribution is -2.24. The monoisotopic (exact) mass is 329 g/mol. The summed E-state index contributed by atoms with van der Waals surface area (Å²) in [6.45, 7) is 2.11. The molecule has 0 unspecified atom stereocenters. The normalized spacial score (nSPS) is 14.1. The molecule has 2 heterocycles. The van der Waals surface area contributed by atoms with Gasteiger partial charge in [-0.1, -0.05) is 6.07 Å². The number of hydrogen-bond donors (Lipinski definition) is 1. The number of anilines is 2. The Balaban J connectivity index is 1.76. The van der Waals surface area contributed by atoms with Gasteiger partial charge in [-0.05, 0) is 24.6 Å². The predicted octanol–water partition coefficient (Wildman–Crippen LogP) is 2.72. The molecular formula is C16H15N3O3S. The Morgan fingerprint density at radius 2 is 2.17 bits per heavy atom. The second-order valence-corrected chi connectivity index (χ2v) is 6.11. The van der Waals surface area contributed by atoms with Crippen molar-refractivity contribution < 1.29 is 14.4 Å². The fraction of sp³-hybridized carbons (Fsp3) is 0.250. The van der Waals surface area contributed by atoms with E-state index in [1.54, 1.807) is 28.5 Å². The smallest absolute Gasteiger partial charge is 0.257 e. The molecule has 6 nitrogen and oxygen atoms in total. The van der Waals surface area contributed by atoms with Crippen LogP contribution in [0.15, 0.2) is 29.6 Å². The molecule has 2 amide bonds. The molecule has 1 aromatic carbocycles. The number of amides is 2. The molecule has 1 aliphatic heterocycles. The Morgan fingerprint density at radius 3 is 2.83 bits per heavy atom. The third-order valence-electron chi connectivity index (χ3n) is 3.58. The number of hydrogen-bond acceptors (Lipinski definition) is 5. The Kier molecular flexibility index (Phi) is 4.20. The summed E-state index contributed by atoms with van der Waals surface area (Å²) >= 11 is 1.20. The number of nitrogens with zero attached hydrogens (tertiary/aromatic N) is 2. The quantitative estimate of drug-likeness (QED) is 0.875. The van der Waals surface area contributed by atoms with Gasteiger partial charge in [0.1, 0.15) is 5.69 Å². The highest BCUT2D eigenvalue weighted by atomic mass is 32.1. The molecule has 0 atom stereocenters. The van der Waals surface area contributed by atoms with Crippen molar-refractivity contribution in [1.82, 2.24) is 4.98 Å². The van der Waals surface area contributed by atoms with Gasteiger partial charge < -0.3 is 4.90 Å². The zero-order valence-corrected chi connectivity index (χ0v) is 13.4. The molecule has 0 saturated carbocycles. The molecule has 0 radical (unpaired) electrons. The lowest BCUT2D eigenvalue weighted by molar-refractivity contribution is -0.117. The van der Waals surface area contributed by atoms with Gasteiger partial charge in [0.15, 0.2) is 10.9 Å². The van der Waals surface area contributed by atoms with Crippen molar-refractivity contribution in [1.29, 1.82) is 0 Å². The first kappa shape index (κ1) is 15.4. The first-order chi connectivity index (χ1) is 11.0. The van der Waals surface area contributed by atoms with E-state index in [2.05, 4.69) is 10.3 Å². The number of Topliss-reactive ketones (excluding diaryl/α,β-unsaturated/α-hetero) is 1. The lowest BCUT2D eigenvalue weighted by atomic mass is 10.2. The zero-order valence-electron chi connectivity index (χ0n) is 12.5. The van der Waals surface area contributed by atoms with Crippen molar-refractivity contribution in [2.24, 2.45) is 0 Å². The van der Waals surface area contributed by atoms with Crippen LogP contribution in [-0.2, 0) is 4.79 Å². The van der Waals surface area contributed by atoms with Gasteiger partial charge in [0.2, 0.25) is 5.91 Å². The summed E-state index contributed by atoms with van der Waals surface area (Å²) in [6, 6.07) is 6.94. The van der Waals surface area contributed by atoms with Crippen molar-refractivity contribution in [3.05, 3.63) is 40.9 Å². The van der Waals surface area contributed by atoms with Crippen LogP contribution in [0.1, 0.15) is 40.6 Å². The number of benzene rings is 1. The number of carbonyl (C=O) groups is 3. The van der Waals surface area contributed by atoms with E-state index in [9.17, 15) is 14.4 Å². The Hall–Kier alpha value is -2.54. The SMILES string of the molecule is CC(=O)c1csc(NC(=O)c2cccc(N3CCCC3=O)c2)n1. The highest BCUT2D eigenvalue weighted by molar-refractivity contribution is 7.14. The molecule has 1 saturated heterocycles. The number of rotatable bonds is 4. The second kappa shape index (κ2) is 6.29. The molecule has 1 aliphatic rings. The van der Waals surface area contributed by atoms with Crippen LogP contribution < -0.4 is 10.2 Å². The minimum absolute atomic E-state index is 0.0774. The second-order valence-electron chi connectivity index (χ2n) is 5.25. The maximum Gasteiger partial charge on any atom is 0.257 e. The van der Waals surface area contributed by atoms with E-state index in [1.165, 1.54) is 18.3 Å². The third-order valence-corrected chi connectivity index (χ3v) is 4.34. The largest absolute Gasteiger partial charge is 0.312 e. The van der Waals surface area contributed by atoms with Crippen LogP contribution in [0.5, 0.6) is 0 Å². The van der Waals surface area contributed by atoms with Gasteiger partial charge >= 0.3 is 0 Å². The molecule has 0 aliphatic carbocycles. The molecule has 2 aromatic rings. The third kappa shape index (κ3) is 3.29. The maximum absolute atomic E-state index is 12.3. The number of nitrogens with one attached hydrogen (secondary N) is 1. The summed E-state index contributed by atoms with van der Waals surface area (Å²) < 4.78 is 0. The van der Waals surface area contributed by atoms with Crippen LogP contribution in [0, 0.1) is 0 Å². The van der Waals surface area contributed by atoms with Gasteiger partial charge in [-0.25, -0.2) is 4.98 Å². The fourth-order valence-electron chi connectivity index (χ4n) is 2.40. The molecule has 1 aromatic heterocycles. The van der Waals surface area contributed by atoms with E-state index >= 15 is 0 Å². The molecule has 7 heteroatoms. The first-order valence-corrected chi connectivity index (χ1v) is 8.11. The zero-order chi connectivity index (χ0) is 16.4. The van der Waals surface area contributed by atoms with Gasteiger partial charge in [-0.3, -0.25) is 19.7 Å². The minimum atomic E-state index is -0.317. The summed E-state index contributed by atoms with van der Waals surface area (Å²) in [6.07, 6.45) is 1.38. The van der Waals surface area contributed by atoms with E-state index in [-0.39, 0.29) is 17.6 Å². The molecule has 1 fully saturated rings. The van der Waals surface area contributed by atoms with Crippen molar-refractivity contribution in [3.8, 4) is 0 Å². The van der Waals surface area contributed by atoms with Crippen molar-refractivity contribution in [3.63, 3.8) is 0 Å². The summed E-state index contributed by atoms with van der Waals surface area (Å²) in [7, 11) is 0. The topological polar surface area (TPSA) is 79.4 Å². The fourth-order valence-corrected chi connectivity index (χ4v) is 3.14. The van der Waals surface area contributed by atoms with Gasteiger partial charge in [-0.2, -0.15) is 0 Å². The summed E-state index contributed by atoms with van der Waals surface area (Å²) in [5, 5.41) is 4.66. The number of ketones is 1. The van der Waals surface area contributed by atoms with Gasteiger partial charge in [0.05, 0.1) is 0 Å². The van der Waals surface area contributed by atoms with Crippen LogP contribution >= 0.6 is 11.3 Å². The van der Waals surface area contributed by atoms with Crippen LogP contribution in [0.3, 0.4) is 0 Å². The van der Waals surface area contributed by atoms with Crippen LogP contribution in [0.4, 0.5) is 10.8 Å². The average Bonchev–Trinajstić information content (AvgIpc) is 3.16. The van der Waals surface area contributed by atoms with E-state index in [1.807, 2.05) is 6.07 Å². The van der Waals surface area contributed by atoms with Crippen LogP contribution in [0.25, 0.3) is 0 Å². The van der Waals surface area contributed by atoms with E-state index in [0.29, 0.717) is 29.4 Å². The number of aromatic nitrogens is 1. The number of carbonyl (C=O) groups excluding carboxylic acids is 3. The minimum Gasteiger partial charge on any atom is -0.312 e. The van der Waals surface area contributed by atoms with Crippen LogP contribution in [-0.4, -0.2) is 29.1 Å². The van der Waals surface area contributed by atoms with E-state index in [0.717, 1.165) is 12.1 Å². The summed E-state index contributed by atoms with van der Waals surface area (Å²) in [5.41, 5.74) is 1.51. The maximum atomic E-state index is 12.3. The van der Waals surface area contributed by atoms with Crippen molar-refractivity contribution >= 4 is 39.8 Å². The van der Waals surface area contributed by atoms with Crippen molar-refractivity contribution in [2.75, 3.05) is 16.8 Å². The van der Waals surface area contributed by atoms with E-state index < -0.39 is 0 Å². The van der Waals surface area contributed by atoms with Gasteiger partial charge in [-0.15, -0.1) is 11.3 Å². The summed E-state index contributed by atoms with van der Waals surface area (Å²) in [4.78, 5) is 41.1. The Labute approximate surface area is 137 Å². The summed E-state index contributed by atoms with van der Waals surface area (Å²) in [5.74, 6) is -0.382. The molecule has 0 bridgehead atoms.